The van der Waals surface area contributed by atoms with E-state index in [9.17, 15) is 9.59 Å². The fourth-order valence-corrected chi connectivity index (χ4v) is 5.39. The number of amides is 1. The first-order valence-electron chi connectivity index (χ1n) is 11.1. The van der Waals surface area contributed by atoms with Crippen molar-refractivity contribution in [2.75, 3.05) is 34.5 Å². The van der Waals surface area contributed by atoms with Crippen LogP contribution in [-0.4, -0.2) is 62.5 Å². The molecular weight excluding hydrogens is 458 g/mol. The maximum atomic E-state index is 12.9. The van der Waals surface area contributed by atoms with Crippen molar-refractivity contribution in [1.29, 1.82) is 0 Å². The Hall–Kier alpha value is -2.98. The SMILES string of the molecule is COC(=O)C1=C(C)N=C2SC=C(CC(=O)NC[C@H]3CCCO3)N2[C@H]1c1cccc(OC)c1OC. The van der Waals surface area contributed by atoms with E-state index in [2.05, 4.69) is 10.3 Å². The smallest absolute Gasteiger partial charge is 0.338 e. The Bertz CT molecular complexity index is 1060. The number of thioether (sulfide) groups is 1. The molecule has 0 aliphatic carbocycles. The zero-order valence-electron chi connectivity index (χ0n) is 19.8. The van der Waals surface area contributed by atoms with E-state index in [-0.39, 0.29) is 18.4 Å². The van der Waals surface area contributed by atoms with Gasteiger partial charge in [-0.2, -0.15) is 0 Å². The number of benzene rings is 1. The predicted octanol–water partition coefficient (Wildman–Crippen LogP) is 3.14. The lowest BCUT2D eigenvalue weighted by molar-refractivity contribution is -0.136. The number of aliphatic imine (C=N–C) groups is 1. The second-order valence-electron chi connectivity index (χ2n) is 8.08. The second kappa shape index (κ2) is 10.5. The van der Waals surface area contributed by atoms with E-state index in [1.54, 1.807) is 27.2 Å². The van der Waals surface area contributed by atoms with Gasteiger partial charge >= 0.3 is 5.97 Å². The molecule has 1 aromatic rings. The number of amidine groups is 1. The number of nitrogens with one attached hydrogen (secondary N) is 1. The Labute approximate surface area is 203 Å². The van der Waals surface area contributed by atoms with Crippen LogP contribution < -0.4 is 14.8 Å². The maximum Gasteiger partial charge on any atom is 0.338 e. The zero-order valence-corrected chi connectivity index (χ0v) is 20.6. The van der Waals surface area contributed by atoms with Crippen LogP contribution in [0.3, 0.4) is 0 Å². The summed E-state index contributed by atoms with van der Waals surface area (Å²) in [6.45, 7) is 3.00. The molecule has 0 saturated carbocycles. The van der Waals surface area contributed by atoms with Gasteiger partial charge in [0.2, 0.25) is 5.91 Å². The van der Waals surface area contributed by atoms with Crippen LogP contribution >= 0.6 is 11.8 Å². The number of fused-ring (bicyclic) bond motifs is 1. The number of ether oxygens (including phenoxy) is 4. The molecule has 2 atom stereocenters. The van der Waals surface area contributed by atoms with Crippen LogP contribution in [0.2, 0.25) is 0 Å². The summed E-state index contributed by atoms with van der Waals surface area (Å²) in [6.07, 6.45) is 2.16. The lowest BCUT2D eigenvalue weighted by atomic mass is 9.92. The molecule has 1 N–H and O–H groups in total. The van der Waals surface area contributed by atoms with E-state index in [4.69, 9.17) is 18.9 Å². The van der Waals surface area contributed by atoms with Crippen molar-refractivity contribution in [3.63, 3.8) is 0 Å². The molecule has 0 radical (unpaired) electrons. The van der Waals surface area contributed by atoms with Gasteiger partial charge in [0.25, 0.3) is 0 Å². The summed E-state index contributed by atoms with van der Waals surface area (Å²) in [7, 11) is 4.46. The zero-order chi connectivity index (χ0) is 24.2. The highest BCUT2D eigenvalue weighted by molar-refractivity contribution is 8.16. The molecule has 182 valence electrons. The quantitative estimate of drug-likeness (QED) is 0.559. The van der Waals surface area contributed by atoms with Gasteiger partial charge in [0, 0.05) is 24.4 Å². The summed E-state index contributed by atoms with van der Waals surface area (Å²) in [6, 6.07) is 4.91. The van der Waals surface area contributed by atoms with Crippen LogP contribution in [0.25, 0.3) is 0 Å². The summed E-state index contributed by atoms with van der Waals surface area (Å²) in [5, 5.41) is 5.55. The maximum absolute atomic E-state index is 12.9. The first-order valence-corrected chi connectivity index (χ1v) is 12.0. The molecule has 0 unspecified atom stereocenters. The highest BCUT2D eigenvalue weighted by Gasteiger charge is 2.42. The number of carbonyl (C=O) groups excluding carboxylic acids is 2. The minimum absolute atomic E-state index is 0.0632. The molecule has 3 heterocycles. The van der Waals surface area contributed by atoms with E-state index in [0.29, 0.717) is 40.0 Å². The Morgan fingerprint density at radius 1 is 1.26 bits per heavy atom. The lowest BCUT2D eigenvalue weighted by Gasteiger charge is -2.36. The number of rotatable bonds is 8. The molecule has 4 rings (SSSR count). The summed E-state index contributed by atoms with van der Waals surface area (Å²) >= 11 is 1.42. The normalized spacial score (nSPS) is 21.6. The van der Waals surface area contributed by atoms with Crippen molar-refractivity contribution in [1.82, 2.24) is 10.2 Å². The van der Waals surface area contributed by atoms with Gasteiger partial charge in [-0.1, -0.05) is 23.9 Å². The molecule has 0 aromatic heterocycles. The third-order valence-corrected chi connectivity index (χ3v) is 6.92. The predicted molar refractivity (Wildman–Crippen MR) is 129 cm³/mol. The highest BCUT2D eigenvalue weighted by atomic mass is 32.2. The van der Waals surface area contributed by atoms with Crippen molar-refractivity contribution in [3.05, 3.63) is 46.1 Å². The molecule has 3 aliphatic heterocycles. The van der Waals surface area contributed by atoms with Crippen molar-refractivity contribution >= 4 is 28.8 Å². The van der Waals surface area contributed by atoms with Gasteiger partial charge in [0.15, 0.2) is 16.7 Å². The molecule has 9 nitrogen and oxygen atoms in total. The summed E-state index contributed by atoms with van der Waals surface area (Å²) in [4.78, 5) is 32.3. The fraction of sp³-hybridized carbons (Fsp3) is 0.458. The van der Waals surface area contributed by atoms with Crippen molar-refractivity contribution in [2.45, 2.75) is 38.3 Å². The first-order chi connectivity index (χ1) is 16.5. The lowest BCUT2D eigenvalue weighted by Crippen LogP contribution is -2.38. The van der Waals surface area contributed by atoms with Gasteiger partial charge in [-0.3, -0.25) is 4.79 Å². The number of para-hydroxylation sites is 1. The minimum atomic E-state index is -0.600. The molecule has 0 bridgehead atoms. The Morgan fingerprint density at radius 2 is 2.09 bits per heavy atom. The van der Waals surface area contributed by atoms with E-state index >= 15 is 0 Å². The Morgan fingerprint density at radius 3 is 2.76 bits per heavy atom. The van der Waals surface area contributed by atoms with Gasteiger partial charge in [-0.15, -0.1) is 0 Å². The van der Waals surface area contributed by atoms with Crippen molar-refractivity contribution in [2.24, 2.45) is 4.99 Å². The molecule has 1 fully saturated rings. The molecular formula is C24H29N3O6S. The number of hydrogen-bond acceptors (Lipinski definition) is 9. The summed E-state index contributed by atoms with van der Waals surface area (Å²) in [5.41, 5.74) is 2.38. The van der Waals surface area contributed by atoms with Gasteiger partial charge in [0.1, 0.15) is 0 Å². The number of allylic oxidation sites excluding steroid dienone is 1. The van der Waals surface area contributed by atoms with Crippen molar-refractivity contribution in [3.8, 4) is 11.5 Å². The Balaban J connectivity index is 1.68. The summed E-state index contributed by atoms with van der Waals surface area (Å²) < 4.78 is 21.9. The largest absolute Gasteiger partial charge is 0.493 e. The minimum Gasteiger partial charge on any atom is -0.493 e. The first kappa shape index (κ1) is 24.2. The van der Waals surface area contributed by atoms with Crippen LogP contribution in [0.5, 0.6) is 11.5 Å². The van der Waals surface area contributed by atoms with Crippen molar-refractivity contribution < 1.29 is 28.5 Å². The molecule has 3 aliphatic rings. The molecule has 0 spiro atoms. The van der Waals surface area contributed by atoms with Crippen LogP contribution in [-0.2, 0) is 19.1 Å². The van der Waals surface area contributed by atoms with Crippen LogP contribution in [0.15, 0.2) is 45.6 Å². The number of methoxy groups -OCH3 is 3. The fourth-order valence-electron chi connectivity index (χ4n) is 4.42. The standard InChI is InChI=1S/C24H29N3O6S/c1-14-20(23(29)32-4)21(17-8-5-9-18(30-2)22(17)31-3)27-15(13-34-24(27)26-14)11-19(28)25-12-16-7-6-10-33-16/h5,8-9,13,16,21H,6-7,10-12H2,1-4H3,(H,25,28)/t16-,21+/m1/s1. The molecule has 10 heteroatoms. The Kier molecular flexibility index (Phi) is 7.47. The van der Waals surface area contributed by atoms with E-state index in [1.165, 1.54) is 18.9 Å². The average Bonchev–Trinajstić information content (AvgIpc) is 3.51. The third kappa shape index (κ3) is 4.65. The second-order valence-corrected chi connectivity index (χ2v) is 8.92. The molecule has 1 amide bonds. The van der Waals surface area contributed by atoms with Gasteiger partial charge in [0.05, 0.1) is 51.2 Å². The molecule has 1 aromatic carbocycles. The van der Waals surface area contributed by atoms with E-state index < -0.39 is 12.0 Å². The highest BCUT2D eigenvalue weighted by Crippen LogP contribution is 2.48. The number of carbonyl (C=O) groups is 2. The van der Waals surface area contributed by atoms with Gasteiger partial charge in [-0.05, 0) is 31.2 Å². The topological polar surface area (TPSA) is 98.7 Å². The molecule has 1 saturated heterocycles. The third-order valence-electron chi connectivity index (χ3n) is 6.03. The van der Waals surface area contributed by atoms with Crippen LogP contribution in [0.1, 0.15) is 37.8 Å². The summed E-state index contributed by atoms with van der Waals surface area (Å²) in [5.74, 6) is 0.433. The van der Waals surface area contributed by atoms with Gasteiger partial charge < -0.3 is 29.2 Å². The van der Waals surface area contributed by atoms with E-state index in [0.717, 1.165) is 25.1 Å². The number of nitrogens with zero attached hydrogens (tertiary/aromatic N) is 2. The van der Waals surface area contributed by atoms with Crippen LogP contribution in [0, 0.1) is 0 Å². The van der Waals surface area contributed by atoms with Crippen LogP contribution in [0.4, 0.5) is 0 Å². The van der Waals surface area contributed by atoms with Gasteiger partial charge in [-0.25, -0.2) is 9.79 Å². The number of hydrogen-bond donors (Lipinski definition) is 1. The van der Waals surface area contributed by atoms with E-state index in [1.807, 2.05) is 22.4 Å². The monoisotopic (exact) mass is 487 g/mol. The average molecular weight is 488 g/mol. The number of esters is 1. The molecule has 34 heavy (non-hydrogen) atoms.